The van der Waals surface area contributed by atoms with Crippen molar-refractivity contribution in [3.63, 3.8) is 0 Å². The number of alkyl halides is 3. The van der Waals surface area contributed by atoms with Crippen LogP contribution in [-0.2, 0) is 6.42 Å². The van der Waals surface area contributed by atoms with Gasteiger partial charge in [-0.1, -0.05) is 29.8 Å². The number of rotatable bonds is 6. The van der Waals surface area contributed by atoms with Gasteiger partial charge in [0, 0.05) is 12.1 Å². The lowest BCUT2D eigenvalue weighted by Crippen LogP contribution is -2.17. The molecule has 3 aromatic rings. The maximum absolute atomic E-state index is 12.4. The van der Waals surface area contributed by atoms with Crippen LogP contribution in [0.2, 0.25) is 5.02 Å². The van der Waals surface area contributed by atoms with Gasteiger partial charge in [0.15, 0.2) is 5.95 Å². The van der Waals surface area contributed by atoms with Crippen molar-refractivity contribution in [3.05, 3.63) is 70.5 Å². The third-order valence-corrected chi connectivity index (χ3v) is 4.45. The van der Waals surface area contributed by atoms with E-state index in [0.717, 1.165) is 11.1 Å². The third-order valence-electron chi connectivity index (χ3n) is 4.15. The molecule has 0 radical (unpaired) electrons. The van der Waals surface area contributed by atoms with Gasteiger partial charge in [-0.25, -0.2) is 4.98 Å². The minimum Gasteiger partial charge on any atom is -0.497 e. The highest BCUT2D eigenvalue weighted by atomic mass is 35.5. The van der Waals surface area contributed by atoms with Crippen molar-refractivity contribution in [2.45, 2.75) is 18.7 Å². The average Bonchev–Trinajstić information content (AvgIpc) is 3.07. The minimum absolute atomic E-state index is 0.121. The molecule has 0 saturated heterocycles. The summed E-state index contributed by atoms with van der Waals surface area (Å²) < 4.78 is 46.4. The number of aromatic nitrogens is 2. The van der Waals surface area contributed by atoms with Gasteiger partial charge in [0.1, 0.15) is 11.5 Å². The van der Waals surface area contributed by atoms with Crippen molar-refractivity contribution in [1.82, 2.24) is 9.97 Å². The van der Waals surface area contributed by atoms with E-state index in [1.807, 2.05) is 24.3 Å². The van der Waals surface area contributed by atoms with Crippen molar-refractivity contribution in [2.24, 2.45) is 0 Å². The third kappa shape index (κ3) is 4.89. The SMILES string of the molecule is COc1ccc(C(Cc2ccc(OC(F)(F)F)c(Cl)c2)c2c[nH]c(N)n2)cc1. The molecule has 0 fully saturated rings. The molecule has 0 spiro atoms. The molecule has 0 bridgehead atoms. The van der Waals surface area contributed by atoms with Crippen LogP contribution in [0, 0.1) is 0 Å². The maximum atomic E-state index is 12.4. The molecule has 1 unspecified atom stereocenters. The molecule has 0 aliphatic heterocycles. The summed E-state index contributed by atoms with van der Waals surface area (Å²) in [4.78, 5) is 7.14. The first-order chi connectivity index (χ1) is 13.2. The van der Waals surface area contributed by atoms with Crippen molar-refractivity contribution in [2.75, 3.05) is 12.8 Å². The molecule has 2 aromatic carbocycles. The molecule has 0 saturated carbocycles. The molecule has 148 valence electrons. The number of H-pyrrole nitrogens is 1. The monoisotopic (exact) mass is 411 g/mol. The summed E-state index contributed by atoms with van der Waals surface area (Å²) in [5.74, 6) is 0.356. The quantitative estimate of drug-likeness (QED) is 0.603. The normalized spacial score (nSPS) is 12.6. The first-order valence-corrected chi connectivity index (χ1v) is 8.62. The number of ether oxygens (including phenoxy) is 2. The summed E-state index contributed by atoms with van der Waals surface area (Å²) in [6.45, 7) is 0. The van der Waals surface area contributed by atoms with Crippen molar-refractivity contribution in [3.8, 4) is 11.5 Å². The molecule has 0 aliphatic carbocycles. The predicted molar refractivity (Wildman–Crippen MR) is 99.7 cm³/mol. The average molecular weight is 412 g/mol. The highest BCUT2D eigenvalue weighted by Gasteiger charge is 2.32. The lowest BCUT2D eigenvalue weighted by atomic mass is 9.89. The van der Waals surface area contributed by atoms with E-state index in [-0.39, 0.29) is 16.9 Å². The van der Waals surface area contributed by atoms with Gasteiger partial charge in [-0.05, 0) is 41.8 Å². The topological polar surface area (TPSA) is 73.2 Å². The minimum atomic E-state index is -4.80. The Morgan fingerprint density at radius 2 is 1.89 bits per heavy atom. The number of anilines is 1. The molecular weight excluding hydrogens is 395 g/mol. The molecule has 1 heterocycles. The van der Waals surface area contributed by atoms with E-state index in [0.29, 0.717) is 17.9 Å². The number of nitrogens with zero attached hydrogens (tertiary/aromatic N) is 1. The fourth-order valence-electron chi connectivity index (χ4n) is 2.87. The summed E-state index contributed by atoms with van der Waals surface area (Å²) in [5, 5.41) is -0.121. The first-order valence-electron chi connectivity index (χ1n) is 8.24. The van der Waals surface area contributed by atoms with Crippen molar-refractivity contribution < 1.29 is 22.6 Å². The van der Waals surface area contributed by atoms with Crippen LogP contribution in [0.1, 0.15) is 22.7 Å². The Kier molecular flexibility index (Phi) is 5.69. The van der Waals surface area contributed by atoms with Crippen LogP contribution in [0.15, 0.2) is 48.7 Å². The maximum Gasteiger partial charge on any atom is 0.573 e. The lowest BCUT2D eigenvalue weighted by Gasteiger charge is -2.17. The Balaban J connectivity index is 1.90. The Labute approximate surface area is 164 Å². The fourth-order valence-corrected chi connectivity index (χ4v) is 3.12. The zero-order valence-electron chi connectivity index (χ0n) is 14.8. The van der Waals surface area contributed by atoms with Crippen molar-refractivity contribution >= 4 is 17.5 Å². The van der Waals surface area contributed by atoms with Gasteiger partial charge in [0.05, 0.1) is 17.8 Å². The van der Waals surface area contributed by atoms with Crippen LogP contribution in [0.25, 0.3) is 0 Å². The van der Waals surface area contributed by atoms with Crippen LogP contribution in [0.3, 0.4) is 0 Å². The molecule has 3 N–H and O–H groups in total. The highest BCUT2D eigenvalue weighted by Crippen LogP contribution is 2.34. The molecule has 5 nitrogen and oxygen atoms in total. The number of imidazole rings is 1. The van der Waals surface area contributed by atoms with Gasteiger partial charge < -0.3 is 20.2 Å². The molecule has 0 amide bonds. The summed E-state index contributed by atoms with van der Waals surface area (Å²) in [6.07, 6.45) is -2.65. The standard InChI is InChI=1S/C19H17ClF3N3O2/c1-27-13-5-3-12(4-6-13)14(16-10-25-18(24)26-16)8-11-2-7-17(15(20)9-11)28-19(21,22)23/h2-7,9-10,14H,8H2,1H3,(H3,24,25,26). The number of nitrogens with one attached hydrogen (secondary N) is 1. The summed E-state index contributed by atoms with van der Waals surface area (Å²) in [7, 11) is 1.58. The fraction of sp³-hybridized carbons (Fsp3) is 0.211. The van der Waals surface area contributed by atoms with E-state index in [1.165, 1.54) is 12.1 Å². The predicted octanol–water partition coefficient (Wildman–Crippen LogP) is 4.93. The number of nitrogen functional groups attached to an aromatic ring is 1. The molecule has 0 aliphatic rings. The van der Waals surface area contributed by atoms with Gasteiger partial charge in [-0.3, -0.25) is 0 Å². The second-order valence-electron chi connectivity index (χ2n) is 6.05. The number of benzene rings is 2. The van der Waals surface area contributed by atoms with Crippen LogP contribution >= 0.6 is 11.6 Å². The number of nitrogens with two attached hydrogens (primary N) is 1. The first kappa shape index (κ1) is 19.9. The van der Waals surface area contributed by atoms with Gasteiger partial charge in [-0.15, -0.1) is 13.2 Å². The van der Waals surface area contributed by atoms with E-state index in [4.69, 9.17) is 22.1 Å². The molecule has 1 aromatic heterocycles. The second kappa shape index (κ2) is 8.02. The Hall–Kier alpha value is -2.87. The summed E-state index contributed by atoms with van der Waals surface area (Å²) >= 11 is 5.97. The molecule has 3 rings (SSSR count). The van der Waals surface area contributed by atoms with Crippen LogP contribution in [0.5, 0.6) is 11.5 Å². The van der Waals surface area contributed by atoms with Gasteiger partial charge in [0.25, 0.3) is 0 Å². The van der Waals surface area contributed by atoms with E-state index < -0.39 is 12.1 Å². The number of aromatic amines is 1. The number of methoxy groups -OCH3 is 1. The smallest absolute Gasteiger partial charge is 0.497 e. The lowest BCUT2D eigenvalue weighted by molar-refractivity contribution is -0.274. The number of hydrogen-bond acceptors (Lipinski definition) is 4. The van der Waals surface area contributed by atoms with Gasteiger partial charge in [0.2, 0.25) is 0 Å². The summed E-state index contributed by atoms with van der Waals surface area (Å²) in [5.41, 5.74) is 8.08. The van der Waals surface area contributed by atoms with Crippen LogP contribution in [0.4, 0.5) is 19.1 Å². The molecule has 9 heteroatoms. The van der Waals surface area contributed by atoms with Crippen LogP contribution < -0.4 is 15.2 Å². The molecule has 28 heavy (non-hydrogen) atoms. The van der Waals surface area contributed by atoms with E-state index >= 15 is 0 Å². The number of halogens is 4. The second-order valence-corrected chi connectivity index (χ2v) is 6.46. The number of hydrogen-bond donors (Lipinski definition) is 2. The van der Waals surface area contributed by atoms with Crippen LogP contribution in [-0.4, -0.2) is 23.4 Å². The Morgan fingerprint density at radius 3 is 2.43 bits per heavy atom. The zero-order valence-corrected chi connectivity index (χ0v) is 15.5. The molecular formula is C19H17ClF3N3O2. The van der Waals surface area contributed by atoms with Gasteiger partial charge >= 0.3 is 6.36 Å². The van der Waals surface area contributed by atoms with Gasteiger partial charge in [-0.2, -0.15) is 0 Å². The molecule has 1 atom stereocenters. The van der Waals surface area contributed by atoms with E-state index in [9.17, 15) is 13.2 Å². The van der Waals surface area contributed by atoms with E-state index in [2.05, 4.69) is 14.7 Å². The van der Waals surface area contributed by atoms with Crippen molar-refractivity contribution in [1.29, 1.82) is 0 Å². The zero-order chi connectivity index (χ0) is 20.3. The largest absolute Gasteiger partial charge is 0.573 e. The van der Waals surface area contributed by atoms with E-state index in [1.54, 1.807) is 19.4 Å². The Morgan fingerprint density at radius 1 is 1.18 bits per heavy atom. The highest BCUT2D eigenvalue weighted by molar-refractivity contribution is 6.32. The Bertz CT molecular complexity index is 942. The summed E-state index contributed by atoms with van der Waals surface area (Å²) in [6, 6.07) is 11.6.